The van der Waals surface area contributed by atoms with Crippen LogP contribution < -0.4 is 0 Å². The van der Waals surface area contributed by atoms with E-state index in [-0.39, 0.29) is 0 Å². The fourth-order valence-corrected chi connectivity index (χ4v) is 8.45. The third kappa shape index (κ3) is 8.92. The molecule has 0 spiro atoms. The van der Waals surface area contributed by atoms with Crippen molar-refractivity contribution in [2.24, 2.45) is 17.8 Å². The molecule has 4 aromatic carbocycles. The highest BCUT2D eigenvalue weighted by molar-refractivity contribution is 5.67. The van der Waals surface area contributed by atoms with Crippen molar-refractivity contribution >= 4 is 0 Å². The monoisotopic (exact) mass is 668 g/mol. The van der Waals surface area contributed by atoms with Gasteiger partial charge < -0.3 is 0 Å². The molecule has 3 atom stereocenters. The topological polar surface area (TPSA) is 25.8 Å². The van der Waals surface area contributed by atoms with E-state index in [1.54, 1.807) is 0 Å². The van der Waals surface area contributed by atoms with Crippen LogP contribution in [0.25, 0.3) is 33.6 Å². The Morgan fingerprint density at radius 2 is 0.784 bits per heavy atom. The molecular formula is C49H52N2. The molecule has 0 amide bonds. The van der Waals surface area contributed by atoms with Gasteiger partial charge in [0.1, 0.15) is 0 Å². The zero-order chi connectivity index (χ0) is 35.0. The number of nitrogens with zero attached hydrogens (tertiary/aromatic N) is 2. The van der Waals surface area contributed by atoms with Crippen LogP contribution in [0.4, 0.5) is 0 Å². The highest BCUT2D eigenvalue weighted by Crippen LogP contribution is 2.40. The van der Waals surface area contributed by atoms with Gasteiger partial charge in [0, 0.05) is 23.5 Å². The van der Waals surface area contributed by atoms with Gasteiger partial charge >= 0.3 is 0 Å². The first-order valence-corrected chi connectivity index (χ1v) is 19.2. The van der Waals surface area contributed by atoms with Crippen molar-refractivity contribution in [3.05, 3.63) is 167 Å². The lowest BCUT2D eigenvalue weighted by atomic mass is 9.70. The van der Waals surface area contributed by atoms with Gasteiger partial charge in [-0.2, -0.15) is 0 Å². The maximum Gasteiger partial charge on any atom is 0.0704 e. The summed E-state index contributed by atoms with van der Waals surface area (Å²) >= 11 is 0. The second-order valence-corrected chi connectivity index (χ2v) is 15.2. The minimum atomic E-state index is 0.759. The summed E-state index contributed by atoms with van der Waals surface area (Å²) in [4.78, 5) is 9.77. The van der Waals surface area contributed by atoms with E-state index in [0.717, 1.165) is 48.4 Å². The van der Waals surface area contributed by atoms with Crippen LogP contribution in [-0.4, -0.2) is 9.97 Å². The molecule has 6 aromatic rings. The molecule has 51 heavy (non-hydrogen) atoms. The van der Waals surface area contributed by atoms with Gasteiger partial charge in [-0.1, -0.05) is 109 Å². The van der Waals surface area contributed by atoms with Crippen molar-refractivity contribution in [2.45, 2.75) is 78.6 Å². The van der Waals surface area contributed by atoms with Crippen molar-refractivity contribution in [2.75, 3.05) is 0 Å². The van der Waals surface area contributed by atoms with Crippen LogP contribution in [0, 0.1) is 38.5 Å². The highest BCUT2D eigenvalue weighted by Gasteiger charge is 2.28. The van der Waals surface area contributed by atoms with E-state index >= 15 is 0 Å². The summed E-state index contributed by atoms with van der Waals surface area (Å²) in [5, 5.41) is 0. The lowest BCUT2D eigenvalue weighted by molar-refractivity contribution is 0.172. The van der Waals surface area contributed by atoms with E-state index in [9.17, 15) is 0 Å². The molecule has 0 N–H and O–H groups in total. The quantitative estimate of drug-likeness (QED) is 0.130. The van der Waals surface area contributed by atoms with E-state index in [4.69, 9.17) is 9.97 Å². The number of hydrogen-bond donors (Lipinski definition) is 0. The van der Waals surface area contributed by atoms with Crippen molar-refractivity contribution in [3.8, 4) is 33.6 Å². The van der Waals surface area contributed by atoms with Crippen LogP contribution in [0.5, 0.6) is 0 Å². The summed E-state index contributed by atoms with van der Waals surface area (Å²) in [6.45, 7) is 6.53. The predicted octanol–water partition coefficient (Wildman–Crippen LogP) is 12.6. The van der Waals surface area contributed by atoms with E-state index in [1.165, 1.54) is 94.2 Å². The Kier molecular flexibility index (Phi) is 11.2. The average molecular weight is 669 g/mol. The molecule has 2 heteroatoms. The van der Waals surface area contributed by atoms with E-state index in [2.05, 4.69) is 154 Å². The van der Waals surface area contributed by atoms with Crippen LogP contribution in [0.3, 0.4) is 0 Å². The molecule has 1 fully saturated rings. The normalized spacial score (nSPS) is 17.4. The SMILES string of the molecule is Cc1ccccc1-c1ccc(CC[C@H]2C[C@@H](CCc3ccc(-c4ccccc4C)nc3)C[C@@H](CCc3ccc(-c4ccccc4C)nc3)C2)cc1. The molecule has 1 saturated carbocycles. The standard InChI is InChI=1S/C49H52N2/c1-35-10-4-7-13-45(35)44-26-22-38(23-27-44)16-19-41-30-42(20-17-39-24-28-48(50-33-39)46-14-8-5-11-36(46)2)32-43(31-41)21-18-40-25-29-49(51-34-40)47-15-9-6-12-37(47)3/h4-15,22-29,33-34,41-43H,16-21,30-32H2,1-3H3/t41-,42+,43-. The summed E-state index contributed by atoms with van der Waals surface area (Å²) < 4.78 is 0. The Hall–Kier alpha value is -4.82. The molecule has 2 aromatic heterocycles. The van der Waals surface area contributed by atoms with Gasteiger partial charge in [0.05, 0.1) is 11.4 Å². The maximum absolute atomic E-state index is 4.88. The Labute approximate surface area is 306 Å². The number of benzene rings is 4. The zero-order valence-electron chi connectivity index (χ0n) is 30.7. The molecule has 2 heterocycles. The fraction of sp³-hybridized carbons (Fsp3) is 0.306. The van der Waals surface area contributed by atoms with E-state index < -0.39 is 0 Å². The lowest BCUT2D eigenvalue weighted by Crippen LogP contribution is -2.24. The molecule has 0 radical (unpaired) electrons. The zero-order valence-corrected chi connectivity index (χ0v) is 30.7. The predicted molar refractivity (Wildman–Crippen MR) is 215 cm³/mol. The van der Waals surface area contributed by atoms with Gasteiger partial charge in [-0.25, -0.2) is 0 Å². The first-order chi connectivity index (χ1) is 25.0. The second kappa shape index (κ2) is 16.5. The number of rotatable bonds is 12. The molecule has 0 bridgehead atoms. The third-order valence-corrected chi connectivity index (χ3v) is 11.4. The first-order valence-electron chi connectivity index (χ1n) is 19.2. The number of hydrogen-bond acceptors (Lipinski definition) is 2. The number of aromatic nitrogens is 2. The van der Waals surface area contributed by atoms with Crippen molar-refractivity contribution in [1.29, 1.82) is 0 Å². The molecule has 7 rings (SSSR count). The Morgan fingerprint density at radius 3 is 1.18 bits per heavy atom. The molecule has 2 nitrogen and oxygen atoms in total. The van der Waals surface area contributed by atoms with Crippen molar-refractivity contribution < 1.29 is 0 Å². The van der Waals surface area contributed by atoms with Gasteiger partial charge in [-0.3, -0.25) is 9.97 Å². The largest absolute Gasteiger partial charge is 0.256 e. The maximum atomic E-state index is 4.88. The van der Waals surface area contributed by atoms with Crippen LogP contribution in [-0.2, 0) is 19.3 Å². The first kappa shape index (κ1) is 34.6. The Balaban J connectivity index is 0.996. The molecule has 0 aliphatic heterocycles. The number of aryl methyl sites for hydroxylation is 6. The molecule has 258 valence electrons. The summed E-state index contributed by atoms with van der Waals surface area (Å²) in [6.07, 6.45) is 15.4. The van der Waals surface area contributed by atoms with Crippen LogP contribution in [0.2, 0.25) is 0 Å². The summed E-state index contributed by atoms with van der Waals surface area (Å²) in [7, 11) is 0. The minimum Gasteiger partial charge on any atom is -0.256 e. The molecule has 0 unspecified atom stereocenters. The van der Waals surface area contributed by atoms with Gasteiger partial charge in [-0.05, 0) is 153 Å². The van der Waals surface area contributed by atoms with Gasteiger partial charge in [0.15, 0.2) is 0 Å². The fourth-order valence-electron chi connectivity index (χ4n) is 8.45. The second-order valence-electron chi connectivity index (χ2n) is 15.2. The van der Waals surface area contributed by atoms with Gasteiger partial charge in [0.2, 0.25) is 0 Å². The molecular weight excluding hydrogens is 617 g/mol. The van der Waals surface area contributed by atoms with Crippen molar-refractivity contribution in [3.63, 3.8) is 0 Å². The molecule has 1 aliphatic rings. The van der Waals surface area contributed by atoms with E-state index in [0.29, 0.717) is 0 Å². The summed E-state index contributed by atoms with van der Waals surface area (Å²) in [6, 6.07) is 44.2. The van der Waals surface area contributed by atoms with Crippen LogP contribution >= 0.6 is 0 Å². The minimum absolute atomic E-state index is 0.759. The Morgan fingerprint density at radius 1 is 0.412 bits per heavy atom. The van der Waals surface area contributed by atoms with Crippen LogP contribution in [0.1, 0.15) is 71.9 Å². The molecule has 1 aliphatic carbocycles. The lowest BCUT2D eigenvalue weighted by Gasteiger charge is -2.35. The molecule has 0 saturated heterocycles. The highest BCUT2D eigenvalue weighted by atomic mass is 14.7. The average Bonchev–Trinajstić information content (AvgIpc) is 3.17. The van der Waals surface area contributed by atoms with Crippen LogP contribution in [0.15, 0.2) is 134 Å². The van der Waals surface area contributed by atoms with Crippen molar-refractivity contribution in [1.82, 2.24) is 9.97 Å². The number of pyridine rings is 2. The summed E-state index contributed by atoms with van der Waals surface area (Å²) in [5.74, 6) is 2.29. The Bertz CT molecular complexity index is 1760. The third-order valence-electron chi connectivity index (χ3n) is 11.4. The van der Waals surface area contributed by atoms with E-state index in [1.807, 2.05) is 0 Å². The smallest absolute Gasteiger partial charge is 0.0704 e. The van der Waals surface area contributed by atoms with Gasteiger partial charge in [-0.15, -0.1) is 0 Å². The summed E-state index contributed by atoms with van der Waals surface area (Å²) in [5.41, 5.74) is 15.3. The van der Waals surface area contributed by atoms with Gasteiger partial charge in [0.25, 0.3) is 0 Å².